The Morgan fingerprint density at radius 1 is 1.25 bits per heavy atom. The highest BCUT2D eigenvalue weighted by Crippen LogP contribution is 2.29. The molecular formula is C19H16ClN3O4S. The van der Waals surface area contributed by atoms with Crippen LogP contribution in [0.4, 0.5) is 0 Å². The van der Waals surface area contributed by atoms with Crippen molar-refractivity contribution in [1.29, 1.82) is 0 Å². The summed E-state index contributed by atoms with van der Waals surface area (Å²) >= 11 is 11.2. The van der Waals surface area contributed by atoms with Crippen LogP contribution in [0, 0.1) is 13.8 Å². The normalized spacial score (nSPS) is 15.9. The quantitative estimate of drug-likeness (QED) is 0.455. The van der Waals surface area contributed by atoms with Gasteiger partial charge in [0.25, 0.3) is 11.8 Å². The topological polar surface area (TPSA) is 91.6 Å². The van der Waals surface area contributed by atoms with Crippen LogP contribution >= 0.6 is 23.8 Å². The summed E-state index contributed by atoms with van der Waals surface area (Å²) in [6.45, 7) is 3.62. The molecule has 0 spiro atoms. The fourth-order valence-electron chi connectivity index (χ4n) is 3.02. The van der Waals surface area contributed by atoms with Crippen molar-refractivity contribution in [2.75, 3.05) is 7.05 Å². The minimum absolute atomic E-state index is 0.0401. The van der Waals surface area contributed by atoms with Gasteiger partial charge in [-0.3, -0.25) is 19.8 Å². The van der Waals surface area contributed by atoms with Gasteiger partial charge in [0, 0.05) is 18.4 Å². The maximum Gasteiger partial charge on any atom is 0.335 e. The Labute approximate surface area is 171 Å². The fourth-order valence-corrected chi connectivity index (χ4v) is 3.40. The van der Waals surface area contributed by atoms with Crippen LogP contribution in [0.5, 0.6) is 0 Å². The van der Waals surface area contributed by atoms with E-state index in [1.54, 1.807) is 17.6 Å². The van der Waals surface area contributed by atoms with E-state index in [2.05, 4.69) is 5.32 Å². The van der Waals surface area contributed by atoms with Gasteiger partial charge in [-0.1, -0.05) is 11.6 Å². The Hall–Kier alpha value is -2.97. The molecular weight excluding hydrogens is 402 g/mol. The summed E-state index contributed by atoms with van der Waals surface area (Å²) in [5, 5.41) is 12.1. The van der Waals surface area contributed by atoms with Crippen LogP contribution in [0.3, 0.4) is 0 Å². The second-order valence-electron chi connectivity index (χ2n) is 6.31. The van der Waals surface area contributed by atoms with Gasteiger partial charge in [0.1, 0.15) is 5.57 Å². The van der Waals surface area contributed by atoms with Gasteiger partial charge in [-0.15, -0.1) is 0 Å². The molecule has 2 N–H and O–H groups in total. The number of hydrogen-bond acceptors (Lipinski definition) is 4. The van der Waals surface area contributed by atoms with Gasteiger partial charge in [-0.05, 0) is 62.0 Å². The summed E-state index contributed by atoms with van der Waals surface area (Å²) < 4.78 is 1.78. The van der Waals surface area contributed by atoms with Crippen molar-refractivity contribution in [3.63, 3.8) is 0 Å². The van der Waals surface area contributed by atoms with Crippen LogP contribution in [-0.4, -0.2) is 44.5 Å². The highest BCUT2D eigenvalue weighted by molar-refractivity contribution is 7.80. The van der Waals surface area contributed by atoms with Crippen molar-refractivity contribution in [2.45, 2.75) is 13.8 Å². The third kappa shape index (κ3) is 3.32. The Kier molecular flexibility index (Phi) is 5.10. The minimum atomic E-state index is -1.06. The number of hydrogen-bond donors (Lipinski definition) is 2. The number of carboxylic acid groups (broad SMARTS) is 1. The molecule has 1 aliphatic heterocycles. The van der Waals surface area contributed by atoms with Crippen molar-refractivity contribution in [2.24, 2.45) is 0 Å². The van der Waals surface area contributed by atoms with Gasteiger partial charge in [0.05, 0.1) is 16.3 Å². The Balaban J connectivity index is 2.13. The molecule has 3 rings (SSSR count). The van der Waals surface area contributed by atoms with Crippen LogP contribution in [0.2, 0.25) is 5.02 Å². The van der Waals surface area contributed by atoms with E-state index in [9.17, 15) is 19.5 Å². The maximum atomic E-state index is 12.4. The van der Waals surface area contributed by atoms with Gasteiger partial charge in [-0.2, -0.15) is 0 Å². The number of rotatable bonds is 3. The number of halogens is 1. The number of amides is 2. The van der Waals surface area contributed by atoms with Crippen molar-refractivity contribution >= 4 is 52.8 Å². The number of aryl methyl sites for hydroxylation is 1. The van der Waals surface area contributed by atoms with Gasteiger partial charge >= 0.3 is 5.97 Å². The third-order valence-electron chi connectivity index (χ3n) is 4.51. The molecule has 0 aliphatic carbocycles. The number of carboxylic acids is 1. The van der Waals surface area contributed by atoms with Crippen molar-refractivity contribution in [3.05, 3.63) is 57.4 Å². The molecule has 0 saturated carbocycles. The summed E-state index contributed by atoms with van der Waals surface area (Å²) in [5.41, 5.74) is 2.66. The van der Waals surface area contributed by atoms with Crippen LogP contribution in [0.25, 0.3) is 11.8 Å². The molecule has 1 saturated heterocycles. The summed E-state index contributed by atoms with van der Waals surface area (Å²) in [6, 6.07) is 6.21. The molecule has 7 nitrogen and oxygen atoms in total. The van der Waals surface area contributed by atoms with E-state index in [1.165, 1.54) is 36.2 Å². The first-order valence-corrected chi connectivity index (χ1v) is 8.97. The molecule has 1 fully saturated rings. The third-order valence-corrected chi connectivity index (χ3v) is 5.20. The number of likely N-dealkylation sites (N-methyl/N-ethyl adjacent to an activating group) is 1. The summed E-state index contributed by atoms with van der Waals surface area (Å²) in [4.78, 5) is 37.1. The average Bonchev–Trinajstić information content (AvgIpc) is 2.90. The maximum absolute atomic E-state index is 12.4. The highest BCUT2D eigenvalue weighted by atomic mass is 35.5. The van der Waals surface area contributed by atoms with Gasteiger partial charge in [0.2, 0.25) is 0 Å². The molecule has 2 heterocycles. The molecule has 9 heteroatoms. The number of benzene rings is 1. The van der Waals surface area contributed by atoms with Crippen molar-refractivity contribution in [1.82, 2.24) is 14.8 Å². The zero-order chi connectivity index (χ0) is 20.7. The van der Waals surface area contributed by atoms with Crippen LogP contribution in [0.15, 0.2) is 29.8 Å². The molecule has 0 unspecified atom stereocenters. The predicted molar refractivity (Wildman–Crippen MR) is 109 cm³/mol. The van der Waals surface area contributed by atoms with E-state index in [4.69, 9.17) is 23.8 Å². The van der Waals surface area contributed by atoms with Crippen molar-refractivity contribution < 1.29 is 19.5 Å². The molecule has 1 aliphatic rings. The molecule has 2 aromatic rings. The number of nitrogens with zero attached hydrogens (tertiary/aromatic N) is 2. The minimum Gasteiger partial charge on any atom is -0.478 e. The molecule has 0 atom stereocenters. The van der Waals surface area contributed by atoms with E-state index in [-0.39, 0.29) is 16.2 Å². The van der Waals surface area contributed by atoms with E-state index in [0.29, 0.717) is 22.0 Å². The standard InChI is InChI=1S/C19H16ClN3O4S/c1-9-6-12(7-13-16(24)21-19(28)22(3)17(13)25)10(2)23(9)15-8-11(18(26)27)4-5-14(15)20/h4-8H,1-3H3,(H,26,27)(H,21,24,28)/b13-7+. The van der Waals surface area contributed by atoms with E-state index >= 15 is 0 Å². The number of carbonyl (C=O) groups is 3. The van der Waals surface area contributed by atoms with Gasteiger partial charge < -0.3 is 9.67 Å². The lowest BCUT2D eigenvalue weighted by atomic mass is 10.1. The zero-order valence-corrected chi connectivity index (χ0v) is 16.8. The largest absolute Gasteiger partial charge is 0.478 e. The smallest absolute Gasteiger partial charge is 0.335 e. The predicted octanol–water partition coefficient (Wildman–Crippen LogP) is 2.70. The van der Waals surface area contributed by atoms with E-state index in [0.717, 1.165) is 5.69 Å². The van der Waals surface area contributed by atoms with Crippen LogP contribution in [0.1, 0.15) is 27.3 Å². The number of thiocarbonyl (C=S) groups is 1. The van der Waals surface area contributed by atoms with Gasteiger partial charge in [-0.25, -0.2) is 4.79 Å². The zero-order valence-electron chi connectivity index (χ0n) is 15.2. The number of carbonyl (C=O) groups excluding carboxylic acids is 2. The van der Waals surface area contributed by atoms with Crippen LogP contribution < -0.4 is 5.32 Å². The average molecular weight is 418 g/mol. The molecule has 2 amide bonds. The molecule has 1 aromatic carbocycles. The molecule has 0 bridgehead atoms. The lowest BCUT2D eigenvalue weighted by Gasteiger charge is -2.25. The van der Waals surface area contributed by atoms with Gasteiger partial charge in [0.15, 0.2) is 5.11 Å². The molecule has 1 aromatic heterocycles. The lowest BCUT2D eigenvalue weighted by Crippen LogP contribution is -2.52. The summed E-state index contributed by atoms with van der Waals surface area (Å²) in [7, 11) is 1.48. The second-order valence-corrected chi connectivity index (χ2v) is 7.11. The second kappa shape index (κ2) is 7.21. The highest BCUT2D eigenvalue weighted by Gasteiger charge is 2.31. The molecule has 28 heavy (non-hydrogen) atoms. The Morgan fingerprint density at radius 2 is 1.93 bits per heavy atom. The fraction of sp³-hybridized carbons (Fsp3) is 0.158. The summed E-state index contributed by atoms with van der Waals surface area (Å²) in [5.74, 6) is -2.13. The Bertz CT molecular complexity index is 1090. The number of aromatic nitrogens is 1. The van der Waals surface area contributed by atoms with E-state index in [1.807, 2.05) is 6.92 Å². The first-order chi connectivity index (χ1) is 13.1. The number of aromatic carboxylic acids is 1. The lowest BCUT2D eigenvalue weighted by molar-refractivity contribution is -0.128. The first-order valence-electron chi connectivity index (χ1n) is 8.19. The monoisotopic (exact) mass is 417 g/mol. The van der Waals surface area contributed by atoms with Crippen LogP contribution in [-0.2, 0) is 9.59 Å². The SMILES string of the molecule is Cc1cc(/C=C2\C(=O)NC(=S)N(C)C2=O)c(C)n1-c1cc(C(=O)O)ccc1Cl. The first kappa shape index (κ1) is 19.8. The number of nitrogens with one attached hydrogen (secondary N) is 1. The molecule has 0 radical (unpaired) electrons. The summed E-state index contributed by atoms with van der Waals surface area (Å²) in [6.07, 6.45) is 1.49. The van der Waals surface area contributed by atoms with Crippen molar-refractivity contribution in [3.8, 4) is 5.69 Å². The molecule has 144 valence electrons. The van der Waals surface area contributed by atoms with E-state index < -0.39 is 17.8 Å². The Morgan fingerprint density at radius 3 is 2.57 bits per heavy atom.